The van der Waals surface area contributed by atoms with Gasteiger partial charge in [-0.2, -0.15) is 0 Å². The molecule has 2 atom stereocenters. The molecule has 2 unspecified atom stereocenters. The fourth-order valence-electron chi connectivity index (χ4n) is 2.50. The molecule has 19 heavy (non-hydrogen) atoms. The van der Waals surface area contributed by atoms with Gasteiger partial charge in [-0.15, -0.1) is 0 Å². The van der Waals surface area contributed by atoms with E-state index in [-0.39, 0.29) is 30.7 Å². The van der Waals surface area contributed by atoms with E-state index in [9.17, 15) is 4.79 Å². The lowest BCUT2D eigenvalue weighted by molar-refractivity contribution is -0.0975. The Kier molecular flexibility index (Phi) is 4.72. The Bertz CT molecular complexity index is 414. The fraction of sp³-hybridized carbons (Fsp3) is 0.562. The Morgan fingerprint density at radius 1 is 1.21 bits per heavy atom. The lowest BCUT2D eigenvalue weighted by Gasteiger charge is -2.31. The quantitative estimate of drug-likeness (QED) is 0.782. The zero-order chi connectivity index (χ0) is 13.8. The number of carbonyl (C=O) groups is 1. The van der Waals surface area contributed by atoms with Gasteiger partial charge in [0.25, 0.3) is 0 Å². The number of carbonyl (C=O) groups excluding carboxylic acids is 1. The van der Waals surface area contributed by atoms with Crippen LogP contribution in [0.1, 0.15) is 42.6 Å². The topological polar surface area (TPSA) is 35.5 Å². The van der Waals surface area contributed by atoms with Crippen LogP contribution >= 0.6 is 0 Å². The predicted octanol–water partition coefficient (Wildman–Crippen LogP) is 3.15. The smallest absolute Gasteiger partial charge is 0.188 e. The van der Waals surface area contributed by atoms with Crippen molar-refractivity contribution in [2.24, 2.45) is 0 Å². The second kappa shape index (κ2) is 6.31. The van der Waals surface area contributed by atoms with E-state index in [0.717, 1.165) is 24.0 Å². The summed E-state index contributed by atoms with van der Waals surface area (Å²) >= 11 is 0. The average Bonchev–Trinajstić information content (AvgIpc) is 2.36. The van der Waals surface area contributed by atoms with Crippen LogP contribution in [0.25, 0.3) is 0 Å². The van der Waals surface area contributed by atoms with E-state index in [2.05, 4.69) is 0 Å². The zero-order valence-electron chi connectivity index (χ0n) is 11.9. The van der Waals surface area contributed by atoms with Crippen LogP contribution in [0, 0.1) is 6.92 Å². The van der Waals surface area contributed by atoms with Crippen molar-refractivity contribution < 1.29 is 14.3 Å². The maximum Gasteiger partial charge on any atom is 0.188 e. The summed E-state index contributed by atoms with van der Waals surface area (Å²) in [4.78, 5) is 12.0. The highest BCUT2D eigenvalue weighted by Crippen LogP contribution is 2.21. The van der Waals surface area contributed by atoms with Gasteiger partial charge in [-0.25, -0.2) is 0 Å². The Hall–Kier alpha value is -1.19. The Labute approximate surface area is 114 Å². The van der Waals surface area contributed by atoms with Crippen LogP contribution in [-0.2, 0) is 9.47 Å². The molecule has 1 aromatic rings. The van der Waals surface area contributed by atoms with Crippen LogP contribution in [0.2, 0.25) is 0 Å². The number of hydrogen-bond acceptors (Lipinski definition) is 3. The van der Waals surface area contributed by atoms with E-state index in [1.165, 1.54) is 0 Å². The highest BCUT2D eigenvalue weighted by Gasteiger charge is 2.25. The first-order chi connectivity index (χ1) is 9.04. The average molecular weight is 262 g/mol. The summed E-state index contributed by atoms with van der Waals surface area (Å²) in [5.74, 6) is 0.0480. The third-order valence-corrected chi connectivity index (χ3v) is 3.48. The van der Waals surface area contributed by atoms with Gasteiger partial charge in [-0.1, -0.05) is 29.8 Å². The summed E-state index contributed by atoms with van der Waals surface area (Å²) < 4.78 is 11.4. The van der Waals surface area contributed by atoms with E-state index < -0.39 is 0 Å². The molecule has 0 spiro atoms. The van der Waals surface area contributed by atoms with E-state index in [4.69, 9.17) is 9.47 Å². The second-order valence-electron chi connectivity index (χ2n) is 5.45. The monoisotopic (exact) mass is 262 g/mol. The van der Waals surface area contributed by atoms with E-state index in [1.807, 2.05) is 45.0 Å². The highest BCUT2D eigenvalue weighted by atomic mass is 16.5. The molecule has 3 heteroatoms. The van der Waals surface area contributed by atoms with Crippen LogP contribution in [0.4, 0.5) is 0 Å². The number of ether oxygens (including phenoxy) is 2. The van der Waals surface area contributed by atoms with Gasteiger partial charge in [0.1, 0.15) is 6.61 Å². The molecule has 0 N–H and O–H groups in total. The molecule has 0 bridgehead atoms. The van der Waals surface area contributed by atoms with Crippen molar-refractivity contribution in [3.8, 4) is 0 Å². The van der Waals surface area contributed by atoms with Gasteiger partial charge >= 0.3 is 0 Å². The molecule has 1 aromatic carbocycles. The van der Waals surface area contributed by atoms with Crippen molar-refractivity contribution in [1.82, 2.24) is 0 Å². The number of aryl methyl sites for hydroxylation is 1. The normalized spacial score (nSPS) is 27.2. The number of Topliss-reactive ketones (excluding diaryl/α,β-unsaturated/α-hetero) is 1. The Balaban J connectivity index is 1.84. The van der Waals surface area contributed by atoms with Crippen LogP contribution in [0.15, 0.2) is 24.3 Å². The first kappa shape index (κ1) is 14.2. The largest absolute Gasteiger partial charge is 0.375 e. The zero-order valence-corrected chi connectivity index (χ0v) is 11.9. The summed E-state index contributed by atoms with van der Waals surface area (Å²) in [5, 5.41) is 0. The van der Waals surface area contributed by atoms with Crippen molar-refractivity contribution in [1.29, 1.82) is 0 Å². The van der Waals surface area contributed by atoms with E-state index >= 15 is 0 Å². The molecule has 2 rings (SSSR count). The number of hydrogen-bond donors (Lipinski definition) is 0. The maximum absolute atomic E-state index is 12.0. The molecule has 1 fully saturated rings. The SMILES string of the molecule is Cc1ccc(C(=O)COC2CC(C)OC(C)C2)cc1. The second-order valence-corrected chi connectivity index (χ2v) is 5.45. The highest BCUT2D eigenvalue weighted by molar-refractivity contribution is 5.97. The molecular weight excluding hydrogens is 240 g/mol. The molecule has 0 amide bonds. The number of ketones is 1. The minimum atomic E-state index is 0.0480. The summed E-state index contributed by atoms with van der Waals surface area (Å²) in [6.45, 7) is 6.27. The molecule has 0 aromatic heterocycles. The molecule has 104 valence electrons. The third-order valence-electron chi connectivity index (χ3n) is 3.48. The summed E-state index contributed by atoms with van der Waals surface area (Å²) in [5.41, 5.74) is 1.88. The van der Waals surface area contributed by atoms with Gasteiger partial charge in [-0.05, 0) is 33.6 Å². The van der Waals surface area contributed by atoms with E-state index in [0.29, 0.717) is 0 Å². The summed E-state index contributed by atoms with van der Waals surface area (Å²) in [7, 11) is 0. The Morgan fingerprint density at radius 2 is 1.79 bits per heavy atom. The van der Waals surface area contributed by atoms with Gasteiger partial charge in [0, 0.05) is 5.56 Å². The van der Waals surface area contributed by atoms with Gasteiger partial charge < -0.3 is 9.47 Å². The van der Waals surface area contributed by atoms with Crippen LogP contribution in [-0.4, -0.2) is 30.7 Å². The molecule has 1 aliphatic rings. The molecule has 0 radical (unpaired) electrons. The first-order valence-corrected chi connectivity index (χ1v) is 6.91. The summed E-state index contributed by atoms with van der Waals surface area (Å²) in [6, 6.07) is 7.62. The number of rotatable bonds is 4. The maximum atomic E-state index is 12.0. The summed E-state index contributed by atoms with van der Waals surface area (Å²) in [6.07, 6.45) is 2.29. The lowest BCUT2D eigenvalue weighted by atomic mass is 10.0. The predicted molar refractivity (Wildman–Crippen MR) is 74.5 cm³/mol. The van der Waals surface area contributed by atoms with Gasteiger partial charge in [-0.3, -0.25) is 4.79 Å². The molecular formula is C16H22O3. The van der Waals surface area contributed by atoms with Gasteiger partial charge in [0.05, 0.1) is 18.3 Å². The third kappa shape index (κ3) is 4.15. The van der Waals surface area contributed by atoms with Crippen LogP contribution in [0.5, 0.6) is 0 Å². The first-order valence-electron chi connectivity index (χ1n) is 6.91. The van der Waals surface area contributed by atoms with Crippen molar-refractivity contribution in [2.45, 2.75) is 51.9 Å². The molecule has 0 saturated carbocycles. The van der Waals surface area contributed by atoms with Crippen molar-refractivity contribution in [2.75, 3.05) is 6.61 Å². The molecule has 1 aliphatic heterocycles. The fourth-order valence-corrected chi connectivity index (χ4v) is 2.50. The van der Waals surface area contributed by atoms with Gasteiger partial charge in [0.15, 0.2) is 5.78 Å². The van der Waals surface area contributed by atoms with Gasteiger partial charge in [0.2, 0.25) is 0 Å². The van der Waals surface area contributed by atoms with Crippen LogP contribution in [0.3, 0.4) is 0 Å². The standard InChI is InChI=1S/C16H22O3/c1-11-4-6-14(7-5-11)16(17)10-18-15-8-12(2)19-13(3)9-15/h4-7,12-13,15H,8-10H2,1-3H3. The van der Waals surface area contributed by atoms with Crippen LogP contribution < -0.4 is 0 Å². The Morgan fingerprint density at radius 3 is 2.37 bits per heavy atom. The van der Waals surface area contributed by atoms with Crippen molar-refractivity contribution >= 4 is 5.78 Å². The molecule has 1 saturated heterocycles. The van der Waals surface area contributed by atoms with Crippen molar-refractivity contribution in [3.63, 3.8) is 0 Å². The molecule has 0 aliphatic carbocycles. The minimum absolute atomic E-state index is 0.0480. The minimum Gasteiger partial charge on any atom is -0.375 e. The van der Waals surface area contributed by atoms with E-state index in [1.54, 1.807) is 0 Å². The number of benzene rings is 1. The molecule has 3 nitrogen and oxygen atoms in total. The molecule has 1 heterocycles. The lowest BCUT2D eigenvalue weighted by Crippen LogP contribution is -2.35. The van der Waals surface area contributed by atoms with Crippen molar-refractivity contribution in [3.05, 3.63) is 35.4 Å².